The standard InChI is InChI=1S/C33H34ClF4N3O6S/c1-21(29-25(34)10-7-11-26(29)35)18-22-12-13-27-28(19-22)41(48(44,45)24-9-6-8-23(20-24)33(36,37)38)17-16-40(27)15-14-39(3)32(2,30(42)46-4)31(43)47-5/h6-13,18-20H,14-17H2,1-5H3/b21-18+. The number of alkyl halides is 3. The van der Waals surface area contributed by atoms with Gasteiger partial charge in [-0.05, 0) is 74.5 Å². The van der Waals surface area contributed by atoms with Crippen LogP contribution >= 0.6 is 11.6 Å². The van der Waals surface area contributed by atoms with E-state index in [2.05, 4.69) is 0 Å². The molecule has 0 aliphatic carbocycles. The zero-order valence-corrected chi connectivity index (χ0v) is 28.3. The Labute approximate surface area is 281 Å². The lowest BCUT2D eigenvalue weighted by Gasteiger charge is -2.40. The molecule has 1 aliphatic heterocycles. The van der Waals surface area contributed by atoms with E-state index < -0.39 is 50.0 Å². The van der Waals surface area contributed by atoms with E-state index in [-0.39, 0.29) is 42.5 Å². The molecule has 0 saturated carbocycles. The third-order valence-corrected chi connectivity index (χ3v) is 10.4. The second kappa shape index (κ2) is 14.1. The van der Waals surface area contributed by atoms with E-state index >= 15 is 0 Å². The lowest BCUT2D eigenvalue weighted by Crippen LogP contribution is -2.59. The van der Waals surface area contributed by atoms with Crippen LogP contribution in [0.4, 0.5) is 28.9 Å². The van der Waals surface area contributed by atoms with Crippen molar-refractivity contribution in [2.24, 2.45) is 0 Å². The van der Waals surface area contributed by atoms with Crippen LogP contribution in [0, 0.1) is 5.82 Å². The first-order chi connectivity index (χ1) is 22.5. The molecule has 0 aromatic heterocycles. The Balaban J connectivity index is 1.78. The predicted octanol–water partition coefficient (Wildman–Crippen LogP) is 6.11. The van der Waals surface area contributed by atoms with E-state index in [1.807, 2.05) is 4.90 Å². The first kappa shape index (κ1) is 36.7. The molecule has 0 unspecified atom stereocenters. The van der Waals surface area contributed by atoms with E-state index in [0.717, 1.165) is 36.7 Å². The van der Waals surface area contributed by atoms with E-state index in [1.165, 1.54) is 37.1 Å². The molecule has 3 aromatic carbocycles. The third kappa shape index (κ3) is 7.15. The van der Waals surface area contributed by atoms with Gasteiger partial charge in [0.05, 0.1) is 47.6 Å². The molecule has 0 spiro atoms. The highest BCUT2D eigenvalue weighted by molar-refractivity contribution is 7.92. The number of anilines is 2. The maximum absolute atomic E-state index is 14.7. The first-order valence-electron chi connectivity index (χ1n) is 14.6. The molecule has 0 amide bonds. The van der Waals surface area contributed by atoms with Crippen LogP contribution in [0.25, 0.3) is 11.6 Å². The van der Waals surface area contributed by atoms with Gasteiger partial charge in [0.15, 0.2) is 0 Å². The number of sulfonamides is 1. The van der Waals surface area contributed by atoms with E-state index in [1.54, 1.807) is 31.2 Å². The molecule has 0 N–H and O–H groups in total. The summed E-state index contributed by atoms with van der Waals surface area (Å²) in [5.74, 6) is -2.23. The molecular formula is C33H34ClF4N3O6S. The van der Waals surface area contributed by atoms with Gasteiger partial charge in [-0.1, -0.05) is 35.9 Å². The van der Waals surface area contributed by atoms with Crippen LogP contribution in [-0.4, -0.2) is 78.2 Å². The molecule has 1 heterocycles. The van der Waals surface area contributed by atoms with Crippen molar-refractivity contribution in [3.63, 3.8) is 0 Å². The number of benzene rings is 3. The Kier molecular flexibility index (Phi) is 10.8. The molecule has 0 bridgehead atoms. The minimum atomic E-state index is -4.76. The quantitative estimate of drug-likeness (QED) is 0.108. The number of likely N-dealkylation sites (N-methyl/N-ethyl adjacent to an activating group) is 1. The van der Waals surface area contributed by atoms with E-state index in [9.17, 15) is 35.6 Å². The van der Waals surface area contributed by atoms with E-state index in [4.69, 9.17) is 21.1 Å². The monoisotopic (exact) mass is 711 g/mol. The highest BCUT2D eigenvalue weighted by atomic mass is 35.5. The molecule has 258 valence electrons. The summed E-state index contributed by atoms with van der Waals surface area (Å²) in [7, 11) is -0.680. The van der Waals surface area contributed by atoms with Crippen molar-refractivity contribution in [2.75, 3.05) is 56.7 Å². The average molecular weight is 712 g/mol. The summed E-state index contributed by atoms with van der Waals surface area (Å²) in [6, 6.07) is 12.6. The topological polar surface area (TPSA) is 96.5 Å². The zero-order valence-electron chi connectivity index (χ0n) is 26.8. The minimum absolute atomic E-state index is 0.116. The van der Waals surface area contributed by atoms with Gasteiger partial charge in [0.2, 0.25) is 5.54 Å². The number of halogens is 5. The van der Waals surface area contributed by atoms with Crippen LogP contribution in [0.1, 0.15) is 30.5 Å². The molecule has 0 fully saturated rings. The second-order valence-electron chi connectivity index (χ2n) is 11.2. The summed E-state index contributed by atoms with van der Waals surface area (Å²) in [6.07, 6.45) is -3.15. The SMILES string of the molecule is COC(=O)C(C)(C(=O)OC)N(C)CCN1CCN(S(=O)(=O)c2cccc(C(F)(F)F)c2)c2cc(/C=C(\C)c3c(F)cccc3Cl)ccc21. The van der Waals surface area contributed by atoms with Gasteiger partial charge in [-0.15, -0.1) is 0 Å². The highest BCUT2D eigenvalue weighted by Gasteiger charge is 2.47. The van der Waals surface area contributed by atoms with Crippen molar-refractivity contribution in [3.05, 3.63) is 88.2 Å². The summed E-state index contributed by atoms with van der Waals surface area (Å²) in [6.45, 7) is 3.29. The number of carbonyl (C=O) groups excluding carboxylic acids is 2. The Morgan fingerprint density at radius 3 is 2.23 bits per heavy atom. The number of nitrogens with zero attached hydrogens (tertiary/aromatic N) is 3. The molecule has 48 heavy (non-hydrogen) atoms. The summed E-state index contributed by atoms with van der Waals surface area (Å²) in [5, 5.41) is 0.177. The van der Waals surface area contributed by atoms with Crippen LogP contribution in [0.15, 0.2) is 65.6 Å². The molecular weight excluding hydrogens is 678 g/mol. The Hall–Kier alpha value is -4.14. The normalized spacial score (nSPS) is 14.2. The number of methoxy groups -OCH3 is 2. The smallest absolute Gasteiger partial charge is 0.416 e. The molecule has 0 radical (unpaired) electrons. The highest BCUT2D eigenvalue weighted by Crippen LogP contribution is 2.39. The van der Waals surface area contributed by atoms with Crippen LogP contribution in [-0.2, 0) is 35.3 Å². The summed E-state index contributed by atoms with van der Waals surface area (Å²) >= 11 is 6.25. The fourth-order valence-corrected chi connectivity index (χ4v) is 7.30. The second-order valence-corrected chi connectivity index (χ2v) is 13.5. The Morgan fingerprint density at radius 1 is 0.979 bits per heavy atom. The van der Waals surface area contributed by atoms with Gasteiger partial charge in [-0.2, -0.15) is 13.2 Å². The Morgan fingerprint density at radius 2 is 1.62 bits per heavy atom. The van der Waals surface area contributed by atoms with Gasteiger partial charge >= 0.3 is 18.1 Å². The van der Waals surface area contributed by atoms with Crippen LogP contribution in [0.3, 0.4) is 0 Å². The van der Waals surface area contributed by atoms with Crippen molar-refractivity contribution in [1.82, 2.24) is 4.90 Å². The van der Waals surface area contributed by atoms with Gasteiger partial charge in [-0.3, -0.25) is 9.21 Å². The van der Waals surface area contributed by atoms with Gasteiger partial charge in [-0.25, -0.2) is 22.4 Å². The molecule has 4 rings (SSSR count). The summed E-state index contributed by atoms with van der Waals surface area (Å²) < 4.78 is 93.8. The lowest BCUT2D eigenvalue weighted by atomic mass is 10.0. The molecule has 9 nitrogen and oxygen atoms in total. The number of rotatable bonds is 10. The number of fused-ring (bicyclic) bond motifs is 1. The molecule has 0 atom stereocenters. The number of esters is 2. The van der Waals surface area contributed by atoms with Crippen LogP contribution in [0.2, 0.25) is 5.02 Å². The van der Waals surface area contributed by atoms with Crippen molar-refractivity contribution in [2.45, 2.75) is 30.5 Å². The Bertz CT molecular complexity index is 1810. The maximum atomic E-state index is 14.7. The number of hydrogen-bond donors (Lipinski definition) is 0. The van der Waals surface area contributed by atoms with Gasteiger partial charge in [0.25, 0.3) is 10.0 Å². The van der Waals surface area contributed by atoms with Crippen molar-refractivity contribution in [1.29, 1.82) is 0 Å². The molecule has 0 saturated heterocycles. The zero-order chi connectivity index (χ0) is 35.6. The number of ether oxygens (including phenoxy) is 2. The van der Waals surface area contributed by atoms with Crippen molar-refractivity contribution >= 4 is 56.6 Å². The summed E-state index contributed by atoms with van der Waals surface area (Å²) in [4.78, 5) is 28.0. The lowest BCUT2D eigenvalue weighted by molar-refractivity contribution is -0.169. The van der Waals surface area contributed by atoms with Crippen molar-refractivity contribution in [3.8, 4) is 0 Å². The number of carbonyl (C=O) groups is 2. The van der Waals surface area contributed by atoms with Crippen LogP contribution in [0.5, 0.6) is 0 Å². The van der Waals surface area contributed by atoms with Gasteiger partial charge in [0.1, 0.15) is 5.82 Å². The molecule has 1 aliphatic rings. The summed E-state index contributed by atoms with van der Waals surface area (Å²) in [5.41, 5.74) is -1.23. The van der Waals surface area contributed by atoms with Crippen molar-refractivity contribution < 1.29 is 45.0 Å². The fourth-order valence-electron chi connectivity index (χ4n) is 5.48. The van der Waals surface area contributed by atoms with Gasteiger partial charge in [0, 0.05) is 25.2 Å². The first-order valence-corrected chi connectivity index (χ1v) is 16.4. The molecule has 15 heteroatoms. The fraction of sp³-hybridized carbons (Fsp3) is 0.333. The number of hydrogen-bond acceptors (Lipinski definition) is 8. The van der Waals surface area contributed by atoms with E-state index in [0.29, 0.717) is 22.9 Å². The maximum Gasteiger partial charge on any atom is 0.416 e. The average Bonchev–Trinajstić information content (AvgIpc) is 3.05. The number of allylic oxidation sites excluding steroid dienone is 1. The largest absolute Gasteiger partial charge is 0.467 e. The molecule has 3 aromatic rings. The predicted molar refractivity (Wildman–Crippen MR) is 175 cm³/mol. The minimum Gasteiger partial charge on any atom is -0.467 e. The van der Waals surface area contributed by atoms with Crippen LogP contribution < -0.4 is 9.21 Å². The van der Waals surface area contributed by atoms with Gasteiger partial charge < -0.3 is 14.4 Å². The third-order valence-electron chi connectivity index (χ3n) is 8.31.